The SMILES string of the molecule is CC(C)Cn1c(SC(C)C(=O)Nc2ccc([N+](=O)[O-])cc2Cl)nc2sc3c(c2c1=O)CCCC3. The minimum absolute atomic E-state index is 0.0355. The highest BCUT2D eigenvalue weighted by atomic mass is 35.5. The second-order valence-corrected chi connectivity index (χ2v) is 11.6. The standard InChI is InChI=1S/C23H25ClN4O4S2/c1-12(2)11-27-22(30)19-15-6-4-5-7-18(15)34-21(19)26-23(27)33-13(3)20(29)25-17-9-8-14(28(31)32)10-16(17)24/h8-10,12-13H,4-7,11H2,1-3H3,(H,25,29). The Morgan fingerprint density at radius 1 is 1.32 bits per heavy atom. The van der Waals surface area contributed by atoms with Crippen LogP contribution in [0.25, 0.3) is 10.2 Å². The number of nitrogens with zero attached hydrogens (tertiary/aromatic N) is 3. The van der Waals surface area contributed by atoms with Crippen LogP contribution >= 0.6 is 34.7 Å². The monoisotopic (exact) mass is 520 g/mol. The average Bonchev–Trinajstić information content (AvgIpc) is 3.15. The highest BCUT2D eigenvalue weighted by Crippen LogP contribution is 2.35. The minimum Gasteiger partial charge on any atom is -0.324 e. The maximum Gasteiger partial charge on any atom is 0.271 e. The van der Waals surface area contributed by atoms with Gasteiger partial charge in [0.05, 0.1) is 26.3 Å². The summed E-state index contributed by atoms with van der Waals surface area (Å²) in [6, 6.07) is 3.89. The number of nitro benzene ring substituents is 1. The van der Waals surface area contributed by atoms with Gasteiger partial charge in [0.2, 0.25) is 5.91 Å². The van der Waals surface area contributed by atoms with E-state index in [1.165, 1.54) is 34.8 Å². The quantitative estimate of drug-likeness (QED) is 0.186. The van der Waals surface area contributed by atoms with Gasteiger partial charge in [-0.15, -0.1) is 11.3 Å². The third-order valence-corrected chi connectivity index (χ3v) is 8.25. The Kier molecular flexibility index (Phi) is 7.30. The number of thioether (sulfide) groups is 1. The number of fused-ring (bicyclic) bond motifs is 3. The zero-order chi connectivity index (χ0) is 24.6. The maximum atomic E-state index is 13.5. The molecule has 2 heterocycles. The molecule has 1 N–H and O–H groups in total. The lowest BCUT2D eigenvalue weighted by Crippen LogP contribution is -2.28. The highest BCUT2D eigenvalue weighted by molar-refractivity contribution is 8.00. The van der Waals surface area contributed by atoms with Crippen LogP contribution in [0.15, 0.2) is 28.2 Å². The van der Waals surface area contributed by atoms with E-state index < -0.39 is 10.2 Å². The fourth-order valence-electron chi connectivity index (χ4n) is 4.00. The van der Waals surface area contributed by atoms with Crippen molar-refractivity contribution in [2.45, 2.75) is 63.4 Å². The number of aryl methyl sites for hydroxylation is 2. The summed E-state index contributed by atoms with van der Waals surface area (Å²) in [6.07, 6.45) is 4.11. The van der Waals surface area contributed by atoms with Crippen LogP contribution in [-0.4, -0.2) is 25.6 Å². The molecule has 2 aromatic heterocycles. The molecule has 0 aliphatic heterocycles. The normalized spacial score (nSPS) is 14.3. The molecule has 1 aromatic carbocycles. The number of amides is 1. The van der Waals surface area contributed by atoms with Crippen LogP contribution in [0.2, 0.25) is 5.02 Å². The Morgan fingerprint density at radius 3 is 2.74 bits per heavy atom. The van der Waals surface area contributed by atoms with Crippen molar-refractivity contribution in [3.05, 3.63) is 54.1 Å². The summed E-state index contributed by atoms with van der Waals surface area (Å²) in [7, 11) is 0. The summed E-state index contributed by atoms with van der Waals surface area (Å²) in [5.74, 6) is -0.106. The number of anilines is 1. The van der Waals surface area contributed by atoms with Gasteiger partial charge in [0.1, 0.15) is 4.83 Å². The van der Waals surface area contributed by atoms with Gasteiger partial charge in [-0.3, -0.25) is 24.3 Å². The molecular formula is C23H25ClN4O4S2. The largest absolute Gasteiger partial charge is 0.324 e. The van der Waals surface area contributed by atoms with Crippen LogP contribution in [0, 0.1) is 16.0 Å². The van der Waals surface area contributed by atoms with Crippen molar-refractivity contribution >= 4 is 62.2 Å². The van der Waals surface area contributed by atoms with Gasteiger partial charge in [0.25, 0.3) is 11.2 Å². The molecule has 1 aliphatic carbocycles. The number of rotatable bonds is 7. The van der Waals surface area contributed by atoms with Gasteiger partial charge < -0.3 is 5.32 Å². The number of nitrogens with one attached hydrogen (secondary N) is 1. The Labute approximate surface area is 209 Å². The van der Waals surface area contributed by atoms with E-state index in [2.05, 4.69) is 5.32 Å². The smallest absolute Gasteiger partial charge is 0.271 e. The molecule has 1 aliphatic rings. The van der Waals surface area contributed by atoms with E-state index in [-0.39, 0.29) is 28.1 Å². The van der Waals surface area contributed by atoms with Crippen LogP contribution in [0.3, 0.4) is 0 Å². The van der Waals surface area contributed by atoms with Gasteiger partial charge >= 0.3 is 0 Å². The Morgan fingerprint density at radius 2 is 2.06 bits per heavy atom. The number of thiophene rings is 1. The van der Waals surface area contributed by atoms with E-state index in [0.717, 1.165) is 41.5 Å². The van der Waals surface area contributed by atoms with Gasteiger partial charge in [0.15, 0.2) is 5.16 Å². The molecule has 11 heteroatoms. The molecule has 0 fully saturated rings. The fraction of sp³-hybridized carbons (Fsp3) is 0.435. The number of non-ortho nitro benzene ring substituents is 1. The predicted octanol–water partition coefficient (Wildman–Crippen LogP) is 5.67. The molecule has 0 radical (unpaired) electrons. The van der Waals surface area contributed by atoms with Crippen molar-refractivity contribution in [2.24, 2.45) is 5.92 Å². The number of carbonyl (C=O) groups excluding carboxylic acids is 1. The lowest BCUT2D eigenvalue weighted by Gasteiger charge is -2.17. The number of benzene rings is 1. The first kappa shape index (κ1) is 24.7. The van der Waals surface area contributed by atoms with Gasteiger partial charge in [-0.05, 0) is 50.2 Å². The van der Waals surface area contributed by atoms with Crippen LogP contribution in [0.5, 0.6) is 0 Å². The number of aromatic nitrogens is 2. The summed E-state index contributed by atoms with van der Waals surface area (Å²) in [6.45, 7) is 6.33. The molecule has 1 unspecified atom stereocenters. The molecule has 8 nitrogen and oxygen atoms in total. The van der Waals surface area contributed by atoms with Crippen LogP contribution in [0.4, 0.5) is 11.4 Å². The van der Waals surface area contributed by atoms with E-state index in [4.69, 9.17) is 16.6 Å². The van der Waals surface area contributed by atoms with Gasteiger partial charge in [-0.2, -0.15) is 0 Å². The molecule has 1 amide bonds. The first-order valence-electron chi connectivity index (χ1n) is 11.1. The second kappa shape index (κ2) is 10.1. The molecule has 3 aromatic rings. The summed E-state index contributed by atoms with van der Waals surface area (Å²) < 4.78 is 1.70. The van der Waals surface area contributed by atoms with E-state index >= 15 is 0 Å². The van der Waals surface area contributed by atoms with Crippen molar-refractivity contribution in [1.82, 2.24) is 9.55 Å². The van der Waals surface area contributed by atoms with E-state index in [0.29, 0.717) is 17.4 Å². The van der Waals surface area contributed by atoms with Crippen molar-refractivity contribution < 1.29 is 9.72 Å². The first-order valence-corrected chi connectivity index (χ1v) is 13.2. The lowest BCUT2D eigenvalue weighted by atomic mass is 9.97. The Hall–Kier alpha value is -2.43. The van der Waals surface area contributed by atoms with Crippen molar-refractivity contribution in [1.29, 1.82) is 0 Å². The molecular weight excluding hydrogens is 496 g/mol. The summed E-state index contributed by atoms with van der Waals surface area (Å²) >= 11 is 8.93. The van der Waals surface area contributed by atoms with Gasteiger partial charge in [0, 0.05) is 23.6 Å². The number of halogens is 1. The molecule has 4 rings (SSSR count). The number of carbonyl (C=O) groups is 1. The lowest BCUT2D eigenvalue weighted by molar-refractivity contribution is -0.384. The Bertz CT molecular complexity index is 1330. The topological polar surface area (TPSA) is 107 Å². The number of hydrogen-bond donors (Lipinski definition) is 1. The van der Waals surface area contributed by atoms with Crippen molar-refractivity contribution in [2.75, 3.05) is 5.32 Å². The van der Waals surface area contributed by atoms with Crippen LogP contribution in [0.1, 0.15) is 44.1 Å². The fourth-order valence-corrected chi connectivity index (χ4v) is 6.44. The summed E-state index contributed by atoms with van der Waals surface area (Å²) in [5.41, 5.74) is 1.25. The highest BCUT2D eigenvalue weighted by Gasteiger charge is 2.25. The van der Waals surface area contributed by atoms with Crippen LogP contribution < -0.4 is 10.9 Å². The Balaban J connectivity index is 1.63. The maximum absolute atomic E-state index is 13.5. The van der Waals surface area contributed by atoms with E-state index in [1.807, 2.05) is 13.8 Å². The molecule has 0 saturated heterocycles. The third-order valence-electron chi connectivity index (χ3n) is 5.66. The molecule has 0 bridgehead atoms. The summed E-state index contributed by atoms with van der Waals surface area (Å²) in [5, 5.41) is 14.4. The second-order valence-electron chi connectivity index (χ2n) is 8.77. The van der Waals surface area contributed by atoms with Gasteiger partial charge in [-0.1, -0.05) is 37.2 Å². The van der Waals surface area contributed by atoms with Crippen LogP contribution in [-0.2, 0) is 24.2 Å². The molecule has 34 heavy (non-hydrogen) atoms. The zero-order valence-corrected chi connectivity index (χ0v) is 21.5. The minimum atomic E-state index is -0.580. The number of nitro groups is 1. The predicted molar refractivity (Wildman–Crippen MR) is 137 cm³/mol. The molecule has 180 valence electrons. The van der Waals surface area contributed by atoms with E-state index in [9.17, 15) is 19.7 Å². The van der Waals surface area contributed by atoms with Crippen molar-refractivity contribution in [3.63, 3.8) is 0 Å². The molecule has 1 atom stereocenters. The third kappa shape index (κ3) is 4.99. The summed E-state index contributed by atoms with van der Waals surface area (Å²) in [4.78, 5) is 43.6. The molecule has 0 saturated carbocycles. The first-order chi connectivity index (χ1) is 16.2. The van der Waals surface area contributed by atoms with E-state index in [1.54, 1.807) is 22.8 Å². The van der Waals surface area contributed by atoms with Gasteiger partial charge in [-0.25, -0.2) is 4.98 Å². The average molecular weight is 521 g/mol. The number of hydrogen-bond acceptors (Lipinski definition) is 7. The van der Waals surface area contributed by atoms with Crippen molar-refractivity contribution in [3.8, 4) is 0 Å². The molecule has 0 spiro atoms. The zero-order valence-electron chi connectivity index (χ0n) is 19.1.